The zero-order valence-corrected chi connectivity index (χ0v) is 16.6. The molecule has 0 aromatic rings. The van der Waals surface area contributed by atoms with Crippen LogP contribution >= 0.6 is 0 Å². The van der Waals surface area contributed by atoms with Crippen molar-refractivity contribution in [3.05, 3.63) is 0 Å². The summed E-state index contributed by atoms with van der Waals surface area (Å²) in [4.78, 5) is 24.3. The maximum Gasteiger partial charge on any atom is 0.316 e. The summed E-state index contributed by atoms with van der Waals surface area (Å²) >= 11 is 0. The molecule has 0 aromatic heterocycles. The first-order valence-corrected chi connectivity index (χ1v) is 10.3. The van der Waals surface area contributed by atoms with E-state index in [4.69, 9.17) is 4.74 Å². The van der Waals surface area contributed by atoms with Crippen molar-refractivity contribution >= 4 is 11.8 Å². The number of hydrogen-bond acceptors (Lipinski definition) is 3. The minimum atomic E-state index is -0.540. The van der Waals surface area contributed by atoms with Gasteiger partial charge in [0.1, 0.15) is 11.7 Å². The van der Waals surface area contributed by atoms with Gasteiger partial charge in [-0.05, 0) is 26.7 Å². The van der Waals surface area contributed by atoms with E-state index >= 15 is 0 Å². The van der Waals surface area contributed by atoms with Gasteiger partial charge < -0.3 is 4.74 Å². The zero-order valence-electron chi connectivity index (χ0n) is 16.6. The maximum absolute atomic E-state index is 12.2. The molecule has 24 heavy (non-hydrogen) atoms. The lowest BCUT2D eigenvalue weighted by Crippen LogP contribution is -2.28. The van der Waals surface area contributed by atoms with Crippen LogP contribution < -0.4 is 0 Å². The molecule has 0 N–H and O–H groups in total. The number of unbranched alkanes of at least 4 members (excludes halogenated alkanes) is 9. The highest BCUT2D eigenvalue weighted by atomic mass is 16.5. The molecular weight excluding hydrogens is 300 g/mol. The number of ether oxygens (including phenoxy) is 1. The fraction of sp³-hybridized carbons (Fsp3) is 0.905. The van der Waals surface area contributed by atoms with Crippen LogP contribution in [0.5, 0.6) is 0 Å². The normalized spacial score (nSPS) is 12.4. The smallest absolute Gasteiger partial charge is 0.316 e. The van der Waals surface area contributed by atoms with Crippen LogP contribution in [-0.2, 0) is 14.3 Å². The van der Waals surface area contributed by atoms with Gasteiger partial charge in [0.25, 0.3) is 0 Å². The third kappa shape index (κ3) is 12.5. The summed E-state index contributed by atoms with van der Waals surface area (Å²) in [5.74, 6) is -0.806. The molecule has 1 atom stereocenters. The van der Waals surface area contributed by atoms with Crippen molar-refractivity contribution < 1.29 is 14.3 Å². The molecule has 142 valence electrons. The number of hydrogen-bond donors (Lipinski definition) is 0. The van der Waals surface area contributed by atoms with E-state index in [-0.39, 0.29) is 17.9 Å². The van der Waals surface area contributed by atoms with E-state index in [0.717, 1.165) is 19.3 Å². The Hall–Kier alpha value is -0.860. The first-order chi connectivity index (χ1) is 11.5. The highest BCUT2D eigenvalue weighted by Gasteiger charge is 2.27. The van der Waals surface area contributed by atoms with Crippen LogP contribution in [0.1, 0.15) is 111 Å². The Labute approximate surface area is 149 Å². The molecule has 3 nitrogen and oxygen atoms in total. The van der Waals surface area contributed by atoms with Crippen molar-refractivity contribution in [3.8, 4) is 0 Å². The van der Waals surface area contributed by atoms with Gasteiger partial charge in [0.2, 0.25) is 0 Å². The second-order valence-corrected chi connectivity index (χ2v) is 7.23. The number of ketones is 1. The molecule has 0 aliphatic rings. The topological polar surface area (TPSA) is 43.4 Å². The molecule has 0 aromatic carbocycles. The number of rotatable bonds is 16. The van der Waals surface area contributed by atoms with Crippen LogP contribution in [0, 0.1) is 5.92 Å². The van der Waals surface area contributed by atoms with E-state index in [0.29, 0.717) is 12.8 Å². The lowest BCUT2D eigenvalue weighted by molar-refractivity contribution is -0.155. The number of carbonyl (C=O) groups excluding carboxylic acids is 2. The summed E-state index contributed by atoms with van der Waals surface area (Å²) in [5, 5.41) is 0. The molecule has 3 heteroatoms. The highest BCUT2D eigenvalue weighted by Crippen LogP contribution is 2.18. The molecule has 0 rings (SSSR count). The predicted molar refractivity (Wildman–Crippen MR) is 101 cm³/mol. The monoisotopic (exact) mass is 340 g/mol. The van der Waals surface area contributed by atoms with Crippen molar-refractivity contribution in [2.45, 2.75) is 117 Å². The molecule has 0 amide bonds. The third-order valence-electron chi connectivity index (χ3n) is 4.37. The quantitative estimate of drug-likeness (QED) is 0.190. The Kier molecular flexibility index (Phi) is 15.1. The average Bonchev–Trinajstić information content (AvgIpc) is 2.52. The van der Waals surface area contributed by atoms with Crippen LogP contribution in [0.4, 0.5) is 0 Å². The second-order valence-electron chi connectivity index (χ2n) is 7.23. The van der Waals surface area contributed by atoms with Crippen LogP contribution in [0.2, 0.25) is 0 Å². The molecule has 0 aliphatic carbocycles. The van der Waals surface area contributed by atoms with Crippen molar-refractivity contribution in [3.63, 3.8) is 0 Å². The van der Waals surface area contributed by atoms with E-state index < -0.39 is 5.92 Å². The van der Waals surface area contributed by atoms with E-state index in [1.807, 2.05) is 20.8 Å². The van der Waals surface area contributed by atoms with E-state index in [2.05, 4.69) is 6.92 Å². The Morgan fingerprint density at radius 2 is 1.25 bits per heavy atom. The van der Waals surface area contributed by atoms with Gasteiger partial charge in [-0.2, -0.15) is 0 Å². The Morgan fingerprint density at radius 1 is 0.750 bits per heavy atom. The van der Waals surface area contributed by atoms with Crippen LogP contribution in [-0.4, -0.2) is 17.9 Å². The van der Waals surface area contributed by atoms with Gasteiger partial charge in [-0.1, -0.05) is 78.1 Å². The third-order valence-corrected chi connectivity index (χ3v) is 4.37. The van der Waals surface area contributed by atoms with Crippen LogP contribution in [0.15, 0.2) is 0 Å². The SMILES string of the molecule is CCCCCCCCCCCCC(C(=O)CCC)C(=O)OC(C)C. The molecule has 1 unspecified atom stereocenters. The summed E-state index contributed by atoms with van der Waals surface area (Å²) in [6.45, 7) is 7.89. The molecule has 0 bridgehead atoms. The van der Waals surface area contributed by atoms with Crippen molar-refractivity contribution in [1.82, 2.24) is 0 Å². The summed E-state index contributed by atoms with van der Waals surface area (Å²) < 4.78 is 5.26. The predicted octanol–water partition coefficient (Wildman–Crippen LogP) is 6.23. The van der Waals surface area contributed by atoms with Crippen molar-refractivity contribution in [2.75, 3.05) is 0 Å². The van der Waals surface area contributed by atoms with Crippen LogP contribution in [0.3, 0.4) is 0 Å². The molecule has 0 saturated carbocycles. The first kappa shape index (κ1) is 23.1. The zero-order chi connectivity index (χ0) is 18.2. The minimum Gasteiger partial charge on any atom is -0.462 e. The summed E-state index contributed by atoms with van der Waals surface area (Å²) in [6, 6.07) is 0. The lowest BCUT2D eigenvalue weighted by Gasteiger charge is -2.16. The summed E-state index contributed by atoms with van der Waals surface area (Å²) in [7, 11) is 0. The first-order valence-electron chi connectivity index (χ1n) is 10.3. The van der Waals surface area contributed by atoms with Gasteiger partial charge in [0.15, 0.2) is 0 Å². The fourth-order valence-corrected chi connectivity index (χ4v) is 2.98. The minimum absolute atomic E-state index is 0.0547. The van der Waals surface area contributed by atoms with Gasteiger partial charge in [-0.25, -0.2) is 0 Å². The number of Topliss-reactive ketones (excluding diaryl/α,β-unsaturated/α-hetero) is 1. The maximum atomic E-state index is 12.2. The van der Waals surface area contributed by atoms with Crippen LogP contribution in [0.25, 0.3) is 0 Å². The summed E-state index contributed by atoms with van der Waals surface area (Å²) in [6.07, 6.45) is 14.4. The van der Waals surface area contributed by atoms with Gasteiger partial charge in [0.05, 0.1) is 6.10 Å². The van der Waals surface area contributed by atoms with E-state index in [9.17, 15) is 9.59 Å². The highest BCUT2D eigenvalue weighted by molar-refractivity contribution is 5.98. The number of esters is 1. The fourth-order valence-electron chi connectivity index (χ4n) is 2.98. The second kappa shape index (κ2) is 15.7. The van der Waals surface area contributed by atoms with Crippen molar-refractivity contribution in [1.29, 1.82) is 0 Å². The molecule has 0 fully saturated rings. The molecule has 0 spiro atoms. The Balaban J connectivity index is 3.89. The van der Waals surface area contributed by atoms with Gasteiger partial charge in [0, 0.05) is 6.42 Å². The lowest BCUT2D eigenvalue weighted by atomic mass is 9.93. The van der Waals surface area contributed by atoms with E-state index in [1.54, 1.807) is 0 Å². The van der Waals surface area contributed by atoms with E-state index in [1.165, 1.54) is 51.4 Å². The Morgan fingerprint density at radius 3 is 1.71 bits per heavy atom. The van der Waals surface area contributed by atoms with Gasteiger partial charge in [-0.3, -0.25) is 9.59 Å². The Bertz CT molecular complexity index is 323. The van der Waals surface area contributed by atoms with Crippen molar-refractivity contribution in [2.24, 2.45) is 5.92 Å². The average molecular weight is 341 g/mol. The van der Waals surface area contributed by atoms with Gasteiger partial charge >= 0.3 is 5.97 Å². The molecule has 0 radical (unpaired) electrons. The van der Waals surface area contributed by atoms with Gasteiger partial charge in [-0.15, -0.1) is 0 Å². The standard InChI is InChI=1S/C21H40O3/c1-5-7-8-9-10-11-12-13-14-15-17-19(20(22)16-6-2)21(23)24-18(3)4/h18-19H,5-17H2,1-4H3. The largest absolute Gasteiger partial charge is 0.462 e. The molecule has 0 aliphatic heterocycles. The molecule has 0 heterocycles. The molecular formula is C21H40O3. The molecule has 0 saturated heterocycles. The number of carbonyl (C=O) groups is 2. The summed E-state index contributed by atoms with van der Waals surface area (Å²) in [5.41, 5.74) is 0.